The molecule has 0 fully saturated rings. The predicted octanol–water partition coefficient (Wildman–Crippen LogP) is 3.75. The Morgan fingerprint density at radius 2 is 1.95 bits per heavy atom. The molecule has 2 amide bonds. The van der Waals surface area contributed by atoms with Crippen molar-refractivity contribution in [3.05, 3.63) is 70.7 Å². The second kappa shape index (κ2) is 8.11. The number of hydrogen-bond donors (Lipinski definition) is 2. The number of nitrogens with one attached hydrogen (secondary N) is 2. The van der Waals surface area contributed by atoms with Gasteiger partial charge >= 0.3 is 6.03 Å². The third kappa shape index (κ3) is 5.16. The first-order valence-electron chi connectivity index (χ1n) is 6.99. The van der Waals surface area contributed by atoms with Gasteiger partial charge in [0.15, 0.2) is 0 Å². The summed E-state index contributed by atoms with van der Waals surface area (Å²) in [6.45, 7) is 2.20. The van der Waals surface area contributed by atoms with Gasteiger partial charge in [0, 0.05) is 10.6 Å². The fourth-order valence-corrected chi connectivity index (χ4v) is 2.10. The normalized spacial score (nSPS) is 11.0. The molecule has 0 saturated carbocycles. The summed E-state index contributed by atoms with van der Waals surface area (Å²) >= 11 is 5.94. The standard InChI is InChI=1S/C18H17ClN2O/c1-14(16-10-5-11-17(19)13-16)21-18(22)20-12-6-9-15-7-3-2-4-8-15/h2-5,7-8,10-11,13-14H,12H2,1H3,(H2,20,21,22). The molecule has 22 heavy (non-hydrogen) atoms. The zero-order chi connectivity index (χ0) is 15.8. The van der Waals surface area contributed by atoms with Gasteiger partial charge in [-0.25, -0.2) is 4.79 Å². The molecule has 0 aliphatic heterocycles. The average Bonchev–Trinajstić information content (AvgIpc) is 2.52. The maximum absolute atomic E-state index is 11.8. The Morgan fingerprint density at radius 1 is 1.18 bits per heavy atom. The zero-order valence-electron chi connectivity index (χ0n) is 12.3. The first kappa shape index (κ1) is 15.9. The average molecular weight is 313 g/mol. The third-order valence-electron chi connectivity index (χ3n) is 3.04. The van der Waals surface area contributed by atoms with Crippen LogP contribution < -0.4 is 10.6 Å². The van der Waals surface area contributed by atoms with Crippen LogP contribution in [-0.4, -0.2) is 12.6 Å². The van der Waals surface area contributed by atoms with E-state index in [1.165, 1.54) is 0 Å². The number of carbonyl (C=O) groups is 1. The van der Waals surface area contributed by atoms with Crippen molar-refractivity contribution >= 4 is 17.6 Å². The molecule has 2 N–H and O–H groups in total. The van der Waals surface area contributed by atoms with Gasteiger partial charge in [-0.1, -0.05) is 53.8 Å². The molecule has 0 bridgehead atoms. The topological polar surface area (TPSA) is 41.1 Å². The minimum Gasteiger partial charge on any atom is -0.332 e. The highest BCUT2D eigenvalue weighted by molar-refractivity contribution is 6.30. The number of carbonyl (C=O) groups excluding carboxylic acids is 1. The summed E-state index contributed by atoms with van der Waals surface area (Å²) in [4.78, 5) is 11.8. The SMILES string of the molecule is CC(NC(=O)NCC#Cc1ccccc1)c1cccc(Cl)c1. The van der Waals surface area contributed by atoms with E-state index in [4.69, 9.17) is 11.6 Å². The Morgan fingerprint density at radius 3 is 2.68 bits per heavy atom. The van der Waals surface area contributed by atoms with Gasteiger partial charge in [0.25, 0.3) is 0 Å². The van der Waals surface area contributed by atoms with E-state index >= 15 is 0 Å². The minimum absolute atomic E-state index is 0.124. The summed E-state index contributed by atoms with van der Waals surface area (Å²) in [5.41, 5.74) is 1.88. The second-order valence-corrected chi connectivity index (χ2v) is 5.21. The molecule has 0 aliphatic carbocycles. The van der Waals surface area contributed by atoms with Crippen LogP contribution in [0.4, 0.5) is 4.79 Å². The molecule has 2 rings (SSSR count). The Balaban J connectivity index is 1.80. The lowest BCUT2D eigenvalue weighted by Gasteiger charge is -2.14. The number of halogens is 1. The predicted molar refractivity (Wildman–Crippen MR) is 89.7 cm³/mol. The van der Waals surface area contributed by atoms with E-state index in [1.807, 2.05) is 55.5 Å². The van der Waals surface area contributed by atoms with Gasteiger partial charge < -0.3 is 10.6 Å². The molecule has 0 aliphatic rings. The maximum Gasteiger partial charge on any atom is 0.316 e. The van der Waals surface area contributed by atoms with E-state index < -0.39 is 0 Å². The summed E-state index contributed by atoms with van der Waals surface area (Å²) in [5, 5.41) is 6.21. The molecule has 0 aromatic heterocycles. The highest BCUT2D eigenvalue weighted by Gasteiger charge is 2.08. The van der Waals surface area contributed by atoms with Crippen LogP contribution in [0.5, 0.6) is 0 Å². The lowest BCUT2D eigenvalue weighted by molar-refractivity contribution is 0.239. The quantitative estimate of drug-likeness (QED) is 0.833. The van der Waals surface area contributed by atoms with Gasteiger partial charge in [-0.3, -0.25) is 0 Å². The van der Waals surface area contributed by atoms with Crippen LogP contribution in [0.15, 0.2) is 54.6 Å². The lowest BCUT2D eigenvalue weighted by Crippen LogP contribution is -2.37. The molecule has 112 valence electrons. The summed E-state index contributed by atoms with van der Waals surface area (Å²) in [6, 6.07) is 16.7. The molecule has 0 heterocycles. The van der Waals surface area contributed by atoms with Gasteiger partial charge in [0.1, 0.15) is 0 Å². The number of amides is 2. The van der Waals surface area contributed by atoms with Crippen LogP contribution >= 0.6 is 11.6 Å². The van der Waals surface area contributed by atoms with E-state index in [2.05, 4.69) is 22.5 Å². The summed E-state index contributed by atoms with van der Waals surface area (Å²) < 4.78 is 0. The third-order valence-corrected chi connectivity index (χ3v) is 3.28. The Labute approximate surface area is 135 Å². The van der Waals surface area contributed by atoms with Crippen molar-refractivity contribution in [1.82, 2.24) is 10.6 Å². The Bertz CT molecular complexity index is 689. The van der Waals surface area contributed by atoms with Crippen molar-refractivity contribution in [2.24, 2.45) is 0 Å². The van der Waals surface area contributed by atoms with Gasteiger partial charge in [-0.2, -0.15) is 0 Å². The second-order valence-electron chi connectivity index (χ2n) is 4.77. The summed E-state index contributed by atoms with van der Waals surface area (Å²) in [6.07, 6.45) is 0. The summed E-state index contributed by atoms with van der Waals surface area (Å²) in [7, 11) is 0. The smallest absolute Gasteiger partial charge is 0.316 e. The molecule has 0 spiro atoms. The van der Waals surface area contributed by atoms with Crippen molar-refractivity contribution in [3.8, 4) is 11.8 Å². The Hall–Kier alpha value is -2.44. The van der Waals surface area contributed by atoms with Crippen LogP contribution in [0.1, 0.15) is 24.1 Å². The number of hydrogen-bond acceptors (Lipinski definition) is 1. The van der Waals surface area contributed by atoms with E-state index in [1.54, 1.807) is 6.07 Å². The molecular formula is C18H17ClN2O. The van der Waals surface area contributed by atoms with Gasteiger partial charge in [0.05, 0.1) is 12.6 Å². The number of urea groups is 1. The number of benzene rings is 2. The van der Waals surface area contributed by atoms with Crippen LogP contribution in [0.3, 0.4) is 0 Å². The molecule has 4 heteroatoms. The highest BCUT2D eigenvalue weighted by atomic mass is 35.5. The van der Waals surface area contributed by atoms with Crippen molar-refractivity contribution in [2.45, 2.75) is 13.0 Å². The largest absolute Gasteiger partial charge is 0.332 e. The van der Waals surface area contributed by atoms with E-state index in [-0.39, 0.29) is 12.1 Å². The minimum atomic E-state index is -0.255. The maximum atomic E-state index is 11.8. The molecular weight excluding hydrogens is 296 g/mol. The summed E-state index contributed by atoms with van der Waals surface area (Å²) in [5.74, 6) is 5.89. The fraction of sp³-hybridized carbons (Fsp3) is 0.167. The molecule has 3 nitrogen and oxygen atoms in total. The first-order valence-corrected chi connectivity index (χ1v) is 7.36. The molecule has 2 aromatic carbocycles. The van der Waals surface area contributed by atoms with Gasteiger partial charge in [0.2, 0.25) is 0 Å². The van der Waals surface area contributed by atoms with Crippen LogP contribution in [0.25, 0.3) is 0 Å². The Kier molecular flexibility index (Phi) is 5.88. The van der Waals surface area contributed by atoms with Crippen molar-refractivity contribution in [1.29, 1.82) is 0 Å². The fourth-order valence-electron chi connectivity index (χ4n) is 1.90. The van der Waals surface area contributed by atoms with Gasteiger partial charge in [-0.15, -0.1) is 0 Å². The van der Waals surface area contributed by atoms with E-state index in [9.17, 15) is 4.79 Å². The van der Waals surface area contributed by atoms with Crippen molar-refractivity contribution in [3.63, 3.8) is 0 Å². The van der Waals surface area contributed by atoms with Crippen molar-refractivity contribution in [2.75, 3.05) is 6.54 Å². The molecule has 0 radical (unpaired) electrons. The number of rotatable bonds is 3. The highest BCUT2D eigenvalue weighted by Crippen LogP contribution is 2.16. The van der Waals surface area contributed by atoms with Gasteiger partial charge in [-0.05, 0) is 36.8 Å². The van der Waals surface area contributed by atoms with Crippen LogP contribution in [-0.2, 0) is 0 Å². The monoisotopic (exact) mass is 312 g/mol. The molecule has 1 unspecified atom stereocenters. The molecule has 0 saturated heterocycles. The van der Waals surface area contributed by atoms with Crippen molar-refractivity contribution < 1.29 is 4.79 Å². The molecule has 1 atom stereocenters. The van der Waals surface area contributed by atoms with Crippen LogP contribution in [0.2, 0.25) is 5.02 Å². The van der Waals surface area contributed by atoms with E-state index in [0.29, 0.717) is 11.6 Å². The zero-order valence-corrected chi connectivity index (χ0v) is 13.0. The van der Waals surface area contributed by atoms with E-state index in [0.717, 1.165) is 11.1 Å². The van der Waals surface area contributed by atoms with Crippen LogP contribution in [0, 0.1) is 11.8 Å². The first-order chi connectivity index (χ1) is 10.6. The lowest BCUT2D eigenvalue weighted by atomic mass is 10.1. The molecule has 2 aromatic rings.